The molecule has 4 aromatic heterocycles. The van der Waals surface area contributed by atoms with Crippen LogP contribution in [0.2, 0.25) is 0 Å². The van der Waals surface area contributed by atoms with Gasteiger partial charge >= 0.3 is 0 Å². The molecule has 7 aromatic carbocycles. The van der Waals surface area contributed by atoms with Crippen LogP contribution in [-0.2, 0) is 0 Å². The first-order valence-electron chi connectivity index (χ1n) is 23.0. The maximum Gasteiger partial charge on any atom is 0.127 e. The molecule has 0 bridgehead atoms. The lowest BCUT2D eigenvalue weighted by Crippen LogP contribution is -2.48. The van der Waals surface area contributed by atoms with Gasteiger partial charge in [0.1, 0.15) is 124 Å². The predicted molar refractivity (Wildman–Crippen MR) is 317 cm³/mol. The van der Waals surface area contributed by atoms with Gasteiger partial charge in [-0.05, 0) is 90.6 Å². The number of rotatable bonds is 5. The molecule has 0 N–H and O–H groups in total. The summed E-state index contributed by atoms with van der Waals surface area (Å²) in [4.78, 5) is 0. The number of hydrogen-bond donors (Lipinski definition) is 0. The first-order valence-corrected chi connectivity index (χ1v) is 23.0. The van der Waals surface area contributed by atoms with Crippen LogP contribution in [-0.4, -0.2) is 111 Å². The summed E-state index contributed by atoms with van der Waals surface area (Å²) in [7, 11) is 85.6. The van der Waals surface area contributed by atoms with Crippen LogP contribution in [0.25, 0.3) is 122 Å². The molecule has 0 atom stereocenters. The van der Waals surface area contributed by atoms with Gasteiger partial charge in [-0.15, -0.1) is 21.9 Å². The Kier molecular flexibility index (Phi) is 10.7. The van der Waals surface area contributed by atoms with E-state index in [0.29, 0.717) is 38.2 Å². The molecule has 0 saturated carbocycles. The van der Waals surface area contributed by atoms with E-state index in [1.165, 1.54) is 5.70 Å². The van der Waals surface area contributed by atoms with Gasteiger partial charge < -0.3 is 18.0 Å². The van der Waals surface area contributed by atoms with E-state index in [4.69, 9.17) is 111 Å². The summed E-state index contributed by atoms with van der Waals surface area (Å²) >= 11 is 0. The van der Waals surface area contributed by atoms with E-state index in [1.807, 2.05) is 29.7 Å². The van der Waals surface area contributed by atoms with Crippen molar-refractivity contribution < 1.29 is 8.83 Å². The number of para-hydroxylation sites is 1. The minimum atomic E-state index is 0.0885. The molecule has 11 aromatic rings. The first kappa shape index (κ1) is 46.4. The molecule has 0 aliphatic heterocycles. The highest BCUT2D eigenvalue weighted by molar-refractivity contribution is 6.69. The summed E-state index contributed by atoms with van der Waals surface area (Å²) in [6, 6.07) is 27.4. The fourth-order valence-corrected chi connectivity index (χ4v) is 10.8. The number of allylic oxidation sites excluding steroid dienone is 6. The van der Waals surface area contributed by atoms with Gasteiger partial charge in [-0.1, -0.05) is 104 Å². The van der Waals surface area contributed by atoms with Crippen LogP contribution < -0.4 is 70.7 Å². The average molecular weight is 886 g/mol. The van der Waals surface area contributed by atoms with Gasteiger partial charge in [-0.2, -0.15) is 0 Å². The van der Waals surface area contributed by atoms with E-state index in [0.717, 1.165) is 67.6 Å². The van der Waals surface area contributed by atoms with Crippen LogP contribution in [0.15, 0.2) is 111 Å². The molecule has 12 rings (SSSR count). The van der Waals surface area contributed by atoms with Crippen LogP contribution in [0.1, 0.15) is 19.8 Å². The number of hydrogen-bond acceptors (Lipinski definition) is 2. The summed E-state index contributed by atoms with van der Waals surface area (Å²) in [6.45, 7) is 6.11. The van der Waals surface area contributed by atoms with Crippen molar-refractivity contribution in [2.75, 3.05) is 0 Å². The van der Waals surface area contributed by atoms with Gasteiger partial charge in [0.25, 0.3) is 0 Å². The summed E-state index contributed by atoms with van der Waals surface area (Å²) in [6.07, 6.45) is 8.46. The first-order chi connectivity index (χ1) is 34.5. The minimum Gasteiger partial charge on any atom is -0.457 e. The molecule has 0 spiro atoms. The normalized spacial score (nSPS) is 13.9. The van der Waals surface area contributed by atoms with Crippen LogP contribution in [0.5, 0.6) is 0 Å². The third-order valence-corrected chi connectivity index (χ3v) is 14.6. The number of furan rings is 2. The maximum atomic E-state index is 7.12. The van der Waals surface area contributed by atoms with Gasteiger partial charge in [-0.3, -0.25) is 0 Å². The van der Waals surface area contributed by atoms with E-state index < -0.39 is 0 Å². The van der Waals surface area contributed by atoms with Gasteiger partial charge in [0.05, 0.1) is 22.1 Å². The van der Waals surface area contributed by atoms with Crippen molar-refractivity contribution in [1.82, 2.24) is 9.13 Å². The Morgan fingerprint density at radius 1 is 0.514 bits per heavy atom. The standard InChI is InChI=1S/C55H25B13N2O2/c1-21-35-41(58)44(61)46(63)50(67)53(35)71-52(21)48(65)39(56)22(2)69-32-15-12-24(23-13-16-34-28(18-23)27-10-6-7-11-31(27)70(34)26-8-4-3-5-9-26)19-29(32)30-20-25(14-17-33(30)69)36-40(57)37-38-43(60)45(62)47(64)51(68)55(38)72-54(37)49(66)42(36)59/h3-4,6-8,10-20H,1,5,9H2,2H3/b39-22-,52-48-. The zero-order valence-corrected chi connectivity index (χ0v) is 39.1. The average Bonchev–Trinajstić information content (AvgIpc) is 4.15. The van der Waals surface area contributed by atoms with E-state index in [1.54, 1.807) is 0 Å². The van der Waals surface area contributed by atoms with Gasteiger partial charge in [0, 0.05) is 54.3 Å². The Morgan fingerprint density at radius 2 is 1.01 bits per heavy atom. The topological polar surface area (TPSA) is 36.1 Å². The molecule has 0 unspecified atom stereocenters. The number of benzene rings is 7. The fourth-order valence-electron chi connectivity index (χ4n) is 10.8. The van der Waals surface area contributed by atoms with Crippen molar-refractivity contribution in [3.8, 4) is 22.3 Å². The van der Waals surface area contributed by atoms with Crippen molar-refractivity contribution in [2.24, 2.45) is 0 Å². The zero-order valence-electron chi connectivity index (χ0n) is 39.1. The Labute approximate surface area is 432 Å². The second kappa shape index (κ2) is 16.7. The fraction of sp³-hybridized carbons (Fsp3) is 0.0545. The Morgan fingerprint density at radius 3 is 1.64 bits per heavy atom. The van der Waals surface area contributed by atoms with Crippen molar-refractivity contribution in [1.29, 1.82) is 0 Å². The summed E-state index contributed by atoms with van der Waals surface area (Å²) in [5.74, 6) is 0. The van der Waals surface area contributed by atoms with Crippen LogP contribution >= 0.6 is 0 Å². The monoisotopic (exact) mass is 888 g/mol. The highest BCUT2D eigenvalue weighted by Gasteiger charge is 2.24. The summed E-state index contributed by atoms with van der Waals surface area (Å²) in [5.41, 5.74) is 11.4. The number of aromatic nitrogens is 2. The molecule has 4 heterocycles. The lowest BCUT2D eigenvalue weighted by Gasteiger charge is -2.17. The molecule has 0 saturated heterocycles. The second-order valence-electron chi connectivity index (χ2n) is 18.5. The molecule has 17 heteroatoms. The molecule has 0 fully saturated rings. The van der Waals surface area contributed by atoms with Crippen molar-refractivity contribution in [3.63, 3.8) is 0 Å². The molecule has 1 aliphatic rings. The summed E-state index contributed by atoms with van der Waals surface area (Å²) < 4.78 is 16.9. The highest BCUT2D eigenvalue weighted by atomic mass is 16.3. The van der Waals surface area contributed by atoms with E-state index in [2.05, 4.69) is 90.0 Å². The Hall–Kier alpha value is -6.72. The highest BCUT2D eigenvalue weighted by Crippen LogP contribution is 2.40. The van der Waals surface area contributed by atoms with Crippen molar-refractivity contribution >= 4 is 262 Å². The Bertz CT molecular complexity index is 4530. The van der Waals surface area contributed by atoms with Gasteiger partial charge in [0.15, 0.2) is 0 Å². The molecular formula is C55H25B13N2O2. The lowest BCUT2D eigenvalue weighted by molar-refractivity contribution is 0.577. The van der Waals surface area contributed by atoms with Crippen LogP contribution in [0.4, 0.5) is 0 Å². The Balaban J connectivity index is 1.12. The van der Waals surface area contributed by atoms with E-state index in [9.17, 15) is 0 Å². The predicted octanol–water partition coefficient (Wildman–Crippen LogP) is -0.451. The lowest BCUT2D eigenvalue weighted by atomic mass is 9.64. The smallest absolute Gasteiger partial charge is 0.127 e. The minimum absolute atomic E-state index is 0.0885. The quantitative estimate of drug-likeness (QED) is 0.220. The number of fused-ring (bicyclic) bond motifs is 10. The third-order valence-electron chi connectivity index (χ3n) is 14.6. The van der Waals surface area contributed by atoms with Crippen molar-refractivity contribution in [3.05, 3.63) is 113 Å². The second-order valence-corrected chi connectivity index (χ2v) is 18.5. The zero-order chi connectivity index (χ0) is 50.5. The maximum absolute atomic E-state index is 7.12. The largest absolute Gasteiger partial charge is 0.457 e. The molecule has 306 valence electrons. The van der Waals surface area contributed by atoms with Gasteiger partial charge in [-0.25, -0.2) is 0 Å². The molecule has 72 heavy (non-hydrogen) atoms. The molecular weight excluding hydrogens is 861 g/mol. The third kappa shape index (κ3) is 6.44. The molecule has 26 radical (unpaired) electrons. The van der Waals surface area contributed by atoms with E-state index >= 15 is 0 Å². The molecule has 4 nitrogen and oxygen atoms in total. The molecule has 1 aliphatic carbocycles. The SMILES string of the molecule is [B]C(=C(/C)n1c2ccc(-c3ccc4c(c3)c3ccccc3n4C3=CC=CCC3)cc2c2cc(-c3c([B])c([B])c4oc5c([B])c([B])c([B])c([B])c5c4c3[B])ccc21)/C([B])=c1/oc2c([B])c([B])c([B])c([B])c2c1=C. The van der Waals surface area contributed by atoms with E-state index in [-0.39, 0.29) is 93.2 Å². The number of nitrogens with zero attached hydrogens (tertiary/aromatic N) is 2. The summed E-state index contributed by atoms with van der Waals surface area (Å²) in [5, 5.41) is 5.54. The van der Waals surface area contributed by atoms with Crippen LogP contribution in [0, 0.1) is 0 Å². The van der Waals surface area contributed by atoms with Gasteiger partial charge in [0.2, 0.25) is 0 Å². The molecule has 0 amide bonds. The van der Waals surface area contributed by atoms with Crippen LogP contribution in [0.3, 0.4) is 0 Å². The van der Waals surface area contributed by atoms with Crippen molar-refractivity contribution in [2.45, 2.75) is 19.8 Å².